The fourth-order valence-electron chi connectivity index (χ4n) is 2.44. The topological polar surface area (TPSA) is 46.1 Å². The molecular weight excluding hydrogens is 236 g/mol. The van der Waals surface area contributed by atoms with E-state index in [0.29, 0.717) is 11.7 Å². The van der Waals surface area contributed by atoms with E-state index in [9.17, 15) is 0 Å². The normalized spacial score (nSPS) is 12.9. The summed E-state index contributed by atoms with van der Waals surface area (Å²) in [7, 11) is 0. The van der Waals surface area contributed by atoms with E-state index in [1.54, 1.807) is 0 Å². The molecule has 1 atom stereocenters. The highest BCUT2D eigenvalue weighted by atomic mass is 15.4. The molecule has 104 valence electrons. The largest absolute Gasteiger partial charge is 0.269 e. The molecule has 2 heterocycles. The fraction of sp³-hybridized carbons (Fsp3) is 0.600. The lowest BCUT2D eigenvalue weighted by molar-refractivity contribution is 0.416. The van der Waals surface area contributed by atoms with E-state index in [0.717, 1.165) is 12.1 Å². The predicted octanol–water partition coefficient (Wildman–Crippen LogP) is 3.54. The first-order chi connectivity index (χ1) is 9.24. The number of nitrogens with one attached hydrogen (secondary N) is 1. The molecule has 0 aromatic carbocycles. The number of unbranched alkanes of at least 4 members (excludes halogenated alkanes) is 4. The monoisotopic (exact) mass is 260 g/mol. The molecule has 1 unspecified atom stereocenters. The molecule has 2 aromatic rings. The molecule has 0 bridgehead atoms. The van der Waals surface area contributed by atoms with Gasteiger partial charge in [0.05, 0.1) is 6.04 Å². The number of fused-ring (bicyclic) bond motifs is 1. The number of rotatable bonds is 7. The summed E-state index contributed by atoms with van der Waals surface area (Å²) < 4.78 is 3.67. The molecule has 19 heavy (non-hydrogen) atoms. The van der Waals surface area contributed by atoms with Crippen LogP contribution in [0.3, 0.4) is 0 Å². The summed E-state index contributed by atoms with van der Waals surface area (Å²) in [6.45, 7) is 4.39. The summed E-state index contributed by atoms with van der Waals surface area (Å²) in [6, 6.07) is 6.14. The molecule has 0 saturated carbocycles. The minimum atomic E-state index is 0.300. The summed E-state index contributed by atoms with van der Waals surface area (Å²) in [5.41, 5.74) is 1.32. The minimum Gasteiger partial charge on any atom is -0.269 e. The van der Waals surface area contributed by atoms with Crippen molar-refractivity contribution < 1.29 is 0 Å². The highest BCUT2D eigenvalue weighted by molar-refractivity contribution is 5.35. The molecule has 4 nitrogen and oxygen atoms in total. The molecule has 0 radical (unpaired) electrons. The van der Waals surface area contributed by atoms with Gasteiger partial charge in [0.1, 0.15) is 0 Å². The van der Waals surface area contributed by atoms with Gasteiger partial charge in [-0.3, -0.25) is 9.81 Å². The van der Waals surface area contributed by atoms with Crippen LogP contribution >= 0.6 is 0 Å². The average molecular weight is 260 g/mol. The van der Waals surface area contributed by atoms with Gasteiger partial charge in [-0.2, -0.15) is 5.10 Å². The zero-order chi connectivity index (χ0) is 13.7. The molecule has 0 fully saturated rings. The van der Waals surface area contributed by atoms with Crippen molar-refractivity contribution in [3.8, 4) is 0 Å². The number of aromatic nitrogens is 3. The quantitative estimate of drug-likeness (QED) is 0.760. The molecule has 0 aliphatic carbocycles. The molecule has 4 heteroatoms. The number of hydrogen-bond donors (Lipinski definition) is 1. The fourth-order valence-corrected chi connectivity index (χ4v) is 2.44. The Balaban J connectivity index is 1.99. The van der Waals surface area contributed by atoms with Crippen LogP contribution in [-0.4, -0.2) is 14.2 Å². The van der Waals surface area contributed by atoms with E-state index in [2.05, 4.69) is 18.9 Å². The Morgan fingerprint density at radius 2 is 2.00 bits per heavy atom. The first-order valence-corrected chi connectivity index (χ1v) is 7.34. The molecule has 2 aromatic heterocycles. The summed E-state index contributed by atoms with van der Waals surface area (Å²) in [5, 5.41) is 12.7. The van der Waals surface area contributed by atoms with E-state index >= 15 is 0 Å². The van der Waals surface area contributed by atoms with E-state index in [-0.39, 0.29) is 0 Å². The minimum absolute atomic E-state index is 0.300. The number of pyridine rings is 1. The van der Waals surface area contributed by atoms with Gasteiger partial charge in [0.2, 0.25) is 5.62 Å². The van der Waals surface area contributed by atoms with Crippen molar-refractivity contribution in [2.45, 2.75) is 58.4 Å². The Morgan fingerprint density at radius 3 is 2.74 bits per heavy atom. The van der Waals surface area contributed by atoms with Crippen molar-refractivity contribution in [1.82, 2.24) is 14.2 Å². The molecular formula is C15H24N4. The lowest BCUT2D eigenvalue weighted by Gasteiger charge is -2.10. The van der Waals surface area contributed by atoms with Crippen molar-refractivity contribution in [3.05, 3.63) is 30.0 Å². The second-order valence-corrected chi connectivity index (χ2v) is 5.25. The van der Waals surface area contributed by atoms with Crippen molar-refractivity contribution in [3.63, 3.8) is 0 Å². The average Bonchev–Trinajstić information content (AvgIpc) is 2.76. The van der Waals surface area contributed by atoms with Crippen molar-refractivity contribution in [1.29, 1.82) is 5.41 Å². The van der Waals surface area contributed by atoms with Gasteiger partial charge >= 0.3 is 0 Å². The Hall–Kier alpha value is -1.58. The molecule has 0 saturated heterocycles. The molecule has 0 aliphatic heterocycles. The Kier molecular flexibility index (Phi) is 4.77. The lowest BCUT2D eigenvalue weighted by Crippen LogP contribution is -2.24. The van der Waals surface area contributed by atoms with Gasteiger partial charge in [0.15, 0.2) is 5.65 Å². The molecule has 1 N–H and O–H groups in total. The number of hydrogen-bond acceptors (Lipinski definition) is 2. The smallest absolute Gasteiger partial charge is 0.224 e. The lowest BCUT2D eigenvalue weighted by atomic mass is 10.1. The van der Waals surface area contributed by atoms with E-state index < -0.39 is 0 Å². The molecule has 0 amide bonds. The van der Waals surface area contributed by atoms with Crippen molar-refractivity contribution in [2.24, 2.45) is 0 Å². The summed E-state index contributed by atoms with van der Waals surface area (Å²) >= 11 is 0. The highest BCUT2D eigenvalue weighted by Gasteiger charge is 2.10. The van der Waals surface area contributed by atoms with Crippen LogP contribution < -0.4 is 5.62 Å². The van der Waals surface area contributed by atoms with Crippen LogP contribution in [0.5, 0.6) is 0 Å². The molecule has 0 aliphatic rings. The summed E-state index contributed by atoms with van der Waals surface area (Å²) in [4.78, 5) is 0. The number of nitrogens with zero attached hydrogens (tertiary/aromatic N) is 3. The second-order valence-electron chi connectivity index (χ2n) is 5.25. The summed E-state index contributed by atoms with van der Waals surface area (Å²) in [6.07, 6.45) is 9.46. The van der Waals surface area contributed by atoms with E-state index in [1.165, 1.54) is 32.1 Å². The molecule has 2 rings (SSSR count). The van der Waals surface area contributed by atoms with Crippen LogP contribution in [0.4, 0.5) is 0 Å². The SMILES string of the molecule is CCCCCCCC(C)n1nc2ccccn2c1=N. The van der Waals surface area contributed by atoms with Gasteiger partial charge in [-0.25, -0.2) is 4.68 Å². The standard InChI is InChI=1S/C15H24N4/c1-3-4-5-6-7-10-13(2)19-15(16)18-12-9-8-11-14(18)17-19/h8-9,11-13,16H,3-7,10H2,1-2H3. The van der Waals surface area contributed by atoms with Crippen LogP contribution in [0.15, 0.2) is 24.4 Å². The van der Waals surface area contributed by atoms with Crippen LogP contribution in [0.2, 0.25) is 0 Å². The van der Waals surface area contributed by atoms with Gasteiger partial charge in [-0.15, -0.1) is 0 Å². The van der Waals surface area contributed by atoms with Gasteiger partial charge in [-0.1, -0.05) is 45.1 Å². The van der Waals surface area contributed by atoms with Crippen LogP contribution in [-0.2, 0) is 0 Å². The maximum Gasteiger partial charge on any atom is 0.224 e. The maximum absolute atomic E-state index is 8.16. The Bertz CT molecular complexity index is 567. The van der Waals surface area contributed by atoms with Crippen LogP contribution in [0.1, 0.15) is 58.4 Å². The zero-order valence-corrected chi connectivity index (χ0v) is 12.0. The van der Waals surface area contributed by atoms with Crippen molar-refractivity contribution in [2.75, 3.05) is 0 Å². The van der Waals surface area contributed by atoms with E-state index in [1.807, 2.05) is 33.5 Å². The van der Waals surface area contributed by atoms with Gasteiger partial charge in [0.25, 0.3) is 0 Å². The predicted molar refractivity (Wildman–Crippen MR) is 77.1 cm³/mol. The first kappa shape index (κ1) is 13.8. The second kappa shape index (κ2) is 6.55. The first-order valence-electron chi connectivity index (χ1n) is 7.34. The third kappa shape index (κ3) is 3.25. The molecule has 0 spiro atoms. The van der Waals surface area contributed by atoms with Gasteiger partial charge in [-0.05, 0) is 25.5 Å². The van der Waals surface area contributed by atoms with Crippen LogP contribution in [0, 0.1) is 5.41 Å². The van der Waals surface area contributed by atoms with Crippen molar-refractivity contribution >= 4 is 5.65 Å². The van der Waals surface area contributed by atoms with Gasteiger partial charge in [0, 0.05) is 6.20 Å². The van der Waals surface area contributed by atoms with Crippen LogP contribution in [0.25, 0.3) is 5.65 Å². The third-order valence-electron chi connectivity index (χ3n) is 3.64. The summed E-state index contributed by atoms with van der Waals surface area (Å²) in [5.74, 6) is 0. The Morgan fingerprint density at radius 1 is 1.21 bits per heavy atom. The van der Waals surface area contributed by atoms with Gasteiger partial charge < -0.3 is 0 Å². The highest BCUT2D eigenvalue weighted by Crippen LogP contribution is 2.14. The zero-order valence-electron chi connectivity index (χ0n) is 12.0. The third-order valence-corrected chi connectivity index (χ3v) is 3.64. The van der Waals surface area contributed by atoms with E-state index in [4.69, 9.17) is 5.41 Å². The maximum atomic E-state index is 8.16. The Labute approximate surface area is 114 Å².